The molecule has 19 heavy (non-hydrogen) atoms. The fraction of sp³-hybridized carbons (Fsp3) is 0.167. The predicted octanol–water partition coefficient (Wildman–Crippen LogP) is 2.30. The lowest BCUT2D eigenvalue weighted by atomic mass is 10.2. The molecule has 4 nitrogen and oxygen atoms in total. The number of halogens is 3. The number of para-hydroxylation sites is 1. The molecule has 1 heterocycles. The number of primary amides is 1. The van der Waals surface area contributed by atoms with Crippen molar-refractivity contribution in [3.05, 3.63) is 47.3 Å². The van der Waals surface area contributed by atoms with Gasteiger partial charge in [-0.2, -0.15) is 18.3 Å². The third-order valence-electron chi connectivity index (χ3n) is 2.62. The highest BCUT2D eigenvalue weighted by Crippen LogP contribution is 2.32. The molecule has 0 fully saturated rings. The zero-order valence-electron chi connectivity index (χ0n) is 9.90. The number of aromatic nitrogens is 2. The van der Waals surface area contributed by atoms with Crippen molar-refractivity contribution in [2.75, 3.05) is 0 Å². The molecule has 0 aliphatic rings. The van der Waals surface area contributed by atoms with Gasteiger partial charge in [0.1, 0.15) is 5.69 Å². The van der Waals surface area contributed by atoms with Gasteiger partial charge >= 0.3 is 6.18 Å². The molecule has 0 bridgehead atoms. The molecule has 7 heteroatoms. The van der Waals surface area contributed by atoms with Crippen LogP contribution in [-0.4, -0.2) is 15.7 Å². The summed E-state index contributed by atoms with van der Waals surface area (Å²) in [6.45, 7) is 1.18. The topological polar surface area (TPSA) is 60.9 Å². The maximum atomic E-state index is 12.8. The number of nitrogens with two attached hydrogens (primary N) is 1. The van der Waals surface area contributed by atoms with Crippen LogP contribution in [0.5, 0.6) is 0 Å². The quantitative estimate of drug-likeness (QED) is 0.909. The summed E-state index contributed by atoms with van der Waals surface area (Å²) in [5.74, 6) is -0.954. The predicted molar refractivity (Wildman–Crippen MR) is 61.8 cm³/mol. The van der Waals surface area contributed by atoms with E-state index in [1.165, 1.54) is 6.92 Å². The number of nitrogens with zero attached hydrogens (tertiary/aromatic N) is 2. The highest BCUT2D eigenvalue weighted by molar-refractivity contribution is 5.93. The van der Waals surface area contributed by atoms with Gasteiger partial charge in [-0.1, -0.05) is 18.2 Å². The van der Waals surface area contributed by atoms with E-state index in [4.69, 9.17) is 5.73 Å². The van der Waals surface area contributed by atoms with E-state index in [1.807, 2.05) is 0 Å². The molecule has 2 aromatic rings. The number of hydrogen-bond donors (Lipinski definition) is 1. The maximum absolute atomic E-state index is 12.8. The summed E-state index contributed by atoms with van der Waals surface area (Å²) in [7, 11) is 0. The van der Waals surface area contributed by atoms with Crippen LogP contribution in [0.15, 0.2) is 30.3 Å². The number of amides is 1. The molecule has 1 aromatic heterocycles. The van der Waals surface area contributed by atoms with Crippen LogP contribution < -0.4 is 5.73 Å². The molecule has 1 amide bonds. The lowest BCUT2D eigenvalue weighted by molar-refractivity contribution is -0.141. The zero-order chi connectivity index (χ0) is 14.2. The second-order valence-corrected chi connectivity index (χ2v) is 3.93. The van der Waals surface area contributed by atoms with Crippen molar-refractivity contribution in [2.45, 2.75) is 13.1 Å². The van der Waals surface area contributed by atoms with Gasteiger partial charge in [-0.05, 0) is 19.1 Å². The monoisotopic (exact) mass is 269 g/mol. The first-order valence-electron chi connectivity index (χ1n) is 5.34. The molecule has 0 atom stereocenters. The van der Waals surface area contributed by atoms with E-state index in [2.05, 4.69) is 5.10 Å². The second-order valence-electron chi connectivity index (χ2n) is 3.93. The van der Waals surface area contributed by atoms with E-state index in [-0.39, 0.29) is 11.3 Å². The molecule has 0 unspecified atom stereocenters. The third kappa shape index (κ3) is 2.31. The number of carbonyl (C=O) groups is 1. The molecule has 2 N–H and O–H groups in total. The van der Waals surface area contributed by atoms with E-state index in [0.717, 1.165) is 4.68 Å². The van der Waals surface area contributed by atoms with Gasteiger partial charge in [-0.3, -0.25) is 4.79 Å². The van der Waals surface area contributed by atoms with Crippen LogP contribution in [0.4, 0.5) is 13.2 Å². The van der Waals surface area contributed by atoms with Gasteiger partial charge in [-0.25, -0.2) is 4.68 Å². The Hall–Kier alpha value is -2.31. The molecule has 1 aromatic carbocycles. The van der Waals surface area contributed by atoms with E-state index in [0.29, 0.717) is 5.69 Å². The second kappa shape index (κ2) is 4.42. The van der Waals surface area contributed by atoms with Gasteiger partial charge in [0.2, 0.25) is 0 Å². The molecular weight excluding hydrogens is 259 g/mol. The Balaban J connectivity index is 2.71. The van der Waals surface area contributed by atoms with Crippen molar-refractivity contribution in [1.29, 1.82) is 0 Å². The SMILES string of the molecule is Cc1c(C(F)(F)F)nn(-c2ccccc2)c1C(N)=O. The zero-order valence-corrected chi connectivity index (χ0v) is 9.90. The van der Waals surface area contributed by atoms with E-state index in [9.17, 15) is 18.0 Å². The van der Waals surface area contributed by atoms with Gasteiger partial charge < -0.3 is 5.73 Å². The highest BCUT2D eigenvalue weighted by atomic mass is 19.4. The van der Waals surface area contributed by atoms with Crippen molar-refractivity contribution in [3.8, 4) is 5.69 Å². The minimum Gasteiger partial charge on any atom is -0.364 e. The van der Waals surface area contributed by atoms with Crippen LogP contribution in [0, 0.1) is 6.92 Å². The normalized spacial score (nSPS) is 11.6. The molecule has 2 rings (SSSR count). The number of alkyl halides is 3. The highest BCUT2D eigenvalue weighted by Gasteiger charge is 2.38. The molecule has 0 radical (unpaired) electrons. The molecule has 100 valence electrons. The summed E-state index contributed by atoms with van der Waals surface area (Å²) in [5.41, 5.74) is 3.84. The van der Waals surface area contributed by atoms with E-state index >= 15 is 0 Å². The first-order valence-corrected chi connectivity index (χ1v) is 5.34. The molecule has 0 saturated carbocycles. The molecule has 0 aliphatic carbocycles. The van der Waals surface area contributed by atoms with Crippen LogP contribution >= 0.6 is 0 Å². The number of carbonyl (C=O) groups excluding carboxylic acids is 1. The van der Waals surface area contributed by atoms with Gasteiger partial charge in [0.15, 0.2) is 5.69 Å². The van der Waals surface area contributed by atoms with Crippen molar-refractivity contribution < 1.29 is 18.0 Å². The van der Waals surface area contributed by atoms with Gasteiger partial charge in [0.25, 0.3) is 5.91 Å². The molecule has 0 saturated heterocycles. The van der Waals surface area contributed by atoms with Gasteiger partial charge in [0, 0.05) is 5.56 Å². The standard InChI is InChI=1S/C12H10F3N3O/c1-7-9(11(16)19)18(8-5-3-2-4-6-8)17-10(7)12(13,14)15/h2-6H,1H3,(H2,16,19). The van der Waals surface area contributed by atoms with Crippen LogP contribution in [0.2, 0.25) is 0 Å². The summed E-state index contributed by atoms with van der Waals surface area (Å²) < 4.78 is 39.3. The lowest BCUT2D eigenvalue weighted by Gasteiger charge is -2.04. The van der Waals surface area contributed by atoms with Crippen molar-refractivity contribution in [1.82, 2.24) is 9.78 Å². The average molecular weight is 269 g/mol. The summed E-state index contributed by atoms with van der Waals surface area (Å²) in [6, 6.07) is 8.04. The van der Waals surface area contributed by atoms with Crippen LogP contribution in [0.1, 0.15) is 21.7 Å². The fourth-order valence-corrected chi connectivity index (χ4v) is 1.81. The molecular formula is C12H10F3N3O. The Bertz CT molecular complexity index is 617. The smallest absolute Gasteiger partial charge is 0.364 e. The fourth-order valence-electron chi connectivity index (χ4n) is 1.81. The average Bonchev–Trinajstić information content (AvgIpc) is 2.68. The summed E-state index contributed by atoms with van der Waals surface area (Å²) in [4.78, 5) is 11.4. The minimum absolute atomic E-state index is 0.265. The first kappa shape index (κ1) is 13.1. The molecule has 0 spiro atoms. The van der Waals surface area contributed by atoms with Crippen molar-refractivity contribution in [2.24, 2.45) is 5.73 Å². The van der Waals surface area contributed by atoms with Gasteiger partial charge in [0.05, 0.1) is 5.69 Å². The van der Waals surface area contributed by atoms with Gasteiger partial charge in [-0.15, -0.1) is 0 Å². The third-order valence-corrected chi connectivity index (χ3v) is 2.62. The number of benzene rings is 1. The van der Waals surface area contributed by atoms with Crippen LogP contribution in [-0.2, 0) is 6.18 Å². The summed E-state index contributed by atoms with van der Waals surface area (Å²) in [6.07, 6.45) is -4.63. The van der Waals surface area contributed by atoms with E-state index < -0.39 is 17.8 Å². The number of hydrogen-bond acceptors (Lipinski definition) is 2. The largest absolute Gasteiger partial charge is 0.435 e. The van der Waals surface area contributed by atoms with Crippen LogP contribution in [0.25, 0.3) is 5.69 Å². The Kier molecular flexibility index (Phi) is 3.05. The minimum atomic E-state index is -4.63. The lowest BCUT2D eigenvalue weighted by Crippen LogP contribution is -2.17. The first-order chi connectivity index (χ1) is 8.82. The Morgan fingerprint density at radius 2 is 1.84 bits per heavy atom. The summed E-state index contributed by atoms with van der Waals surface area (Å²) >= 11 is 0. The Labute approximate surface area is 106 Å². The van der Waals surface area contributed by atoms with Crippen molar-refractivity contribution in [3.63, 3.8) is 0 Å². The van der Waals surface area contributed by atoms with Crippen LogP contribution in [0.3, 0.4) is 0 Å². The Morgan fingerprint density at radius 1 is 1.26 bits per heavy atom. The summed E-state index contributed by atoms with van der Waals surface area (Å²) in [5, 5.41) is 3.46. The maximum Gasteiger partial charge on any atom is 0.435 e. The molecule has 0 aliphatic heterocycles. The van der Waals surface area contributed by atoms with Crippen molar-refractivity contribution >= 4 is 5.91 Å². The number of rotatable bonds is 2. The van der Waals surface area contributed by atoms with E-state index in [1.54, 1.807) is 30.3 Å². The Morgan fingerprint density at radius 3 is 2.32 bits per heavy atom.